The monoisotopic (exact) mass is 479 g/mol. The van der Waals surface area contributed by atoms with Gasteiger partial charge in [-0.25, -0.2) is 13.4 Å². The van der Waals surface area contributed by atoms with E-state index in [1.807, 2.05) is 50.3 Å². The van der Waals surface area contributed by atoms with Crippen LogP contribution in [-0.4, -0.2) is 67.0 Å². The molecule has 0 aliphatic heterocycles. The predicted molar refractivity (Wildman–Crippen MR) is 134 cm³/mol. The number of hydrogen-bond donors (Lipinski definition) is 2. The first kappa shape index (κ1) is 22.8. The number of ether oxygens (including phenoxy) is 1. The second kappa shape index (κ2) is 8.69. The Kier molecular flexibility index (Phi) is 5.83. The molecule has 1 fully saturated rings. The van der Waals surface area contributed by atoms with Crippen molar-refractivity contribution in [3.8, 4) is 16.9 Å². The van der Waals surface area contributed by atoms with E-state index in [0.717, 1.165) is 51.5 Å². The number of aromatic nitrogens is 2. The van der Waals surface area contributed by atoms with Gasteiger partial charge in [-0.15, -0.1) is 0 Å². The van der Waals surface area contributed by atoms with E-state index in [1.54, 1.807) is 18.2 Å². The Morgan fingerprint density at radius 3 is 2.74 bits per heavy atom. The number of likely N-dealkylation sites (N-methyl/N-ethyl adjacent to an activating group) is 1. The average Bonchev–Trinajstić information content (AvgIpc) is 3.59. The zero-order valence-electron chi connectivity index (χ0n) is 19.6. The van der Waals surface area contributed by atoms with Gasteiger partial charge in [0, 0.05) is 23.5 Å². The molecule has 0 spiro atoms. The first-order chi connectivity index (χ1) is 16.2. The highest BCUT2D eigenvalue weighted by Crippen LogP contribution is 2.40. The number of H-pyrrole nitrogens is 1. The average molecular weight is 480 g/mol. The van der Waals surface area contributed by atoms with Crippen LogP contribution in [0, 0.1) is 6.92 Å². The minimum atomic E-state index is -3.30. The summed E-state index contributed by atoms with van der Waals surface area (Å²) in [4.78, 5) is 10.2. The van der Waals surface area contributed by atoms with E-state index in [1.165, 1.54) is 0 Å². The molecule has 2 heterocycles. The first-order valence-corrected chi connectivity index (χ1v) is 13.0. The smallest absolute Gasteiger partial charge is 0.181 e. The van der Waals surface area contributed by atoms with E-state index >= 15 is 0 Å². The van der Waals surface area contributed by atoms with Gasteiger partial charge in [-0.05, 0) is 80.9 Å². The molecular formula is C26H29N3O4S. The quantitative estimate of drug-likeness (QED) is 0.398. The maximum Gasteiger partial charge on any atom is 0.181 e. The minimum absolute atomic E-state index is 0.156. The van der Waals surface area contributed by atoms with Crippen molar-refractivity contribution in [2.24, 2.45) is 0 Å². The normalized spacial score (nSPS) is 15.3. The fourth-order valence-corrected chi connectivity index (χ4v) is 6.10. The van der Waals surface area contributed by atoms with E-state index < -0.39 is 15.9 Å². The van der Waals surface area contributed by atoms with Crippen LogP contribution in [0.15, 0.2) is 53.6 Å². The molecule has 1 aliphatic rings. The number of aryl methyl sites for hydroxylation is 1. The number of sulfone groups is 1. The maximum absolute atomic E-state index is 12.9. The summed E-state index contributed by atoms with van der Waals surface area (Å²) in [5.74, 6) is 0.619. The summed E-state index contributed by atoms with van der Waals surface area (Å²) in [6.45, 7) is 2.65. The van der Waals surface area contributed by atoms with Crippen LogP contribution in [0.2, 0.25) is 0 Å². The van der Waals surface area contributed by atoms with E-state index in [0.29, 0.717) is 17.2 Å². The van der Waals surface area contributed by atoms with Gasteiger partial charge in [0.25, 0.3) is 0 Å². The van der Waals surface area contributed by atoms with E-state index in [2.05, 4.69) is 16.0 Å². The summed E-state index contributed by atoms with van der Waals surface area (Å²) >= 11 is 0. The van der Waals surface area contributed by atoms with Crippen molar-refractivity contribution in [3.05, 3.63) is 54.2 Å². The van der Waals surface area contributed by atoms with E-state index in [4.69, 9.17) is 4.74 Å². The molecule has 7 nitrogen and oxygen atoms in total. The Labute approximate surface area is 199 Å². The number of nitrogens with one attached hydrogen (secondary N) is 1. The SMILES string of the molecule is Cc1cnc2[nH]c3c(OCC(O)CN(C)C)ccc(-c4cccc(S(=O)(=O)C5CC5)c4)c3c2c1. The summed E-state index contributed by atoms with van der Waals surface area (Å²) in [5.41, 5.74) is 4.26. The molecule has 1 atom stereocenters. The third kappa shape index (κ3) is 4.29. The number of rotatable bonds is 8. The van der Waals surface area contributed by atoms with Crippen molar-refractivity contribution < 1.29 is 18.3 Å². The van der Waals surface area contributed by atoms with Crippen LogP contribution in [0.5, 0.6) is 5.75 Å². The highest BCUT2D eigenvalue weighted by molar-refractivity contribution is 7.92. The number of aliphatic hydroxyl groups excluding tert-OH is 1. The van der Waals surface area contributed by atoms with Crippen LogP contribution in [0.25, 0.3) is 33.1 Å². The molecule has 5 rings (SSSR count). The molecule has 1 saturated carbocycles. The Bertz CT molecular complexity index is 1470. The zero-order valence-corrected chi connectivity index (χ0v) is 20.4. The minimum Gasteiger partial charge on any atom is -0.489 e. The summed E-state index contributed by atoms with van der Waals surface area (Å²) in [6, 6.07) is 13.1. The molecule has 0 saturated heterocycles. The van der Waals surface area contributed by atoms with Crippen molar-refractivity contribution in [1.82, 2.24) is 14.9 Å². The largest absolute Gasteiger partial charge is 0.489 e. The van der Waals surface area contributed by atoms with Crippen LogP contribution in [-0.2, 0) is 9.84 Å². The highest BCUT2D eigenvalue weighted by Gasteiger charge is 2.37. The number of aromatic amines is 1. The van der Waals surface area contributed by atoms with E-state index in [-0.39, 0.29) is 11.9 Å². The molecule has 4 aromatic rings. The summed E-state index contributed by atoms with van der Waals surface area (Å²) < 4.78 is 31.7. The molecule has 2 aromatic carbocycles. The Hall–Kier alpha value is -2.94. The number of nitrogens with zero attached hydrogens (tertiary/aromatic N) is 2. The predicted octanol–water partition coefficient (Wildman–Crippen LogP) is 3.93. The van der Waals surface area contributed by atoms with E-state index in [9.17, 15) is 13.5 Å². The molecule has 34 heavy (non-hydrogen) atoms. The van der Waals surface area contributed by atoms with Crippen molar-refractivity contribution in [1.29, 1.82) is 0 Å². The van der Waals surface area contributed by atoms with Gasteiger partial charge in [-0.1, -0.05) is 12.1 Å². The van der Waals surface area contributed by atoms with Crippen LogP contribution < -0.4 is 4.74 Å². The second-order valence-electron chi connectivity index (χ2n) is 9.39. The van der Waals surface area contributed by atoms with Crippen molar-refractivity contribution in [2.75, 3.05) is 27.2 Å². The maximum atomic E-state index is 12.9. The molecule has 0 bridgehead atoms. The highest BCUT2D eigenvalue weighted by atomic mass is 32.2. The molecule has 8 heteroatoms. The third-order valence-corrected chi connectivity index (χ3v) is 8.41. The lowest BCUT2D eigenvalue weighted by Crippen LogP contribution is -2.30. The van der Waals surface area contributed by atoms with Crippen LogP contribution in [0.1, 0.15) is 18.4 Å². The molecule has 1 aliphatic carbocycles. The fourth-order valence-electron chi connectivity index (χ4n) is 4.40. The lowest BCUT2D eigenvalue weighted by molar-refractivity contribution is 0.0837. The van der Waals surface area contributed by atoms with Gasteiger partial charge in [-0.2, -0.15) is 0 Å². The Morgan fingerprint density at radius 1 is 1.21 bits per heavy atom. The van der Waals surface area contributed by atoms with Crippen molar-refractivity contribution in [3.63, 3.8) is 0 Å². The molecule has 1 unspecified atom stereocenters. The Morgan fingerprint density at radius 2 is 2.00 bits per heavy atom. The molecule has 178 valence electrons. The topological polar surface area (TPSA) is 95.5 Å². The molecule has 2 aromatic heterocycles. The number of aliphatic hydroxyl groups is 1. The standard InChI is InChI=1S/C26H29N3O4S/c1-16-11-22-24-21(17-5-4-6-20(12-17)34(31,32)19-7-8-19)9-10-23(25(24)28-26(22)27-13-16)33-15-18(30)14-29(2)3/h4-6,9-13,18-19,30H,7-8,14-15H2,1-3H3,(H,27,28). The summed E-state index contributed by atoms with van der Waals surface area (Å²) in [7, 11) is 0.506. The van der Waals surface area contributed by atoms with Gasteiger partial charge >= 0.3 is 0 Å². The molecular weight excluding hydrogens is 450 g/mol. The number of fused-ring (bicyclic) bond motifs is 3. The summed E-state index contributed by atoms with van der Waals surface area (Å²) in [6.07, 6.45) is 2.65. The van der Waals surface area contributed by atoms with Gasteiger partial charge < -0.3 is 19.7 Å². The van der Waals surface area contributed by atoms with Gasteiger partial charge in [0.1, 0.15) is 24.1 Å². The number of benzene rings is 2. The molecule has 0 amide bonds. The van der Waals surface area contributed by atoms with Crippen LogP contribution in [0.3, 0.4) is 0 Å². The van der Waals surface area contributed by atoms with Gasteiger partial charge in [-0.3, -0.25) is 0 Å². The lowest BCUT2D eigenvalue weighted by atomic mass is 9.99. The van der Waals surface area contributed by atoms with Crippen molar-refractivity contribution >= 4 is 31.8 Å². The first-order valence-electron chi connectivity index (χ1n) is 11.4. The lowest BCUT2D eigenvalue weighted by Gasteiger charge is -2.17. The number of pyridine rings is 1. The Balaban J connectivity index is 1.63. The molecule has 0 radical (unpaired) electrons. The third-order valence-electron chi connectivity index (χ3n) is 6.15. The molecule has 2 N–H and O–H groups in total. The van der Waals surface area contributed by atoms with Crippen LogP contribution in [0.4, 0.5) is 0 Å². The van der Waals surface area contributed by atoms with Gasteiger partial charge in [0.2, 0.25) is 0 Å². The summed E-state index contributed by atoms with van der Waals surface area (Å²) in [5, 5.41) is 11.9. The van der Waals surface area contributed by atoms with Crippen molar-refractivity contribution in [2.45, 2.75) is 36.0 Å². The second-order valence-corrected chi connectivity index (χ2v) is 11.6. The van der Waals surface area contributed by atoms with Gasteiger partial charge in [0.05, 0.1) is 15.7 Å². The van der Waals surface area contributed by atoms with Crippen LogP contribution >= 0.6 is 0 Å². The number of hydrogen-bond acceptors (Lipinski definition) is 6. The fraction of sp³-hybridized carbons (Fsp3) is 0.346. The van der Waals surface area contributed by atoms with Gasteiger partial charge in [0.15, 0.2) is 9.84 Å². The zero-order chi connectivity index (χ0) is 24.0.